The first-order valence-corrected chi connectivity index (χ1v) is 8.76. The van der Waals surface area contributed by atoms with Gasteiger partial charge in [0, 0.05) is 18.6 Å². The minimum absolute atomic E-state index is 0.0605. The van der Waals surface area contributed by atoms with Crippen LogP contribution in [0.2, 0.25) is 0 Å². The van der Waals surface area contributed by atoms with E-state index in [2.05, 4.69) is 5.16 Å². The first kappa shape index (κ1) is 16.1. The van der Waals surface area contributed by atoms with Gasteiger partial charge < -0.3 is 14.0 Å². The Morgan fingerprint density at radius 1 is 1.35 bits per heavy atom. The fourth-order valence-corrected chi connectivity index (χ4v) is 3.17. The molecule has 1 heterocycles. The standard InChI is InChI=1S/C17H19NO4S/c1-20-8-9-21-14-5-3-4-12(17(14)23-2)15(19)13-10-18-22-16(13)11-6-7-11/h3-5,10-11H,6-9H2,1-2H3. The molecule has 5 nitrogen and oxygen atoms in total. The third-order valence-corrected chi connectivity index (χ3v) is 4.59. The Bertz CT molecular complexity index is 694. The predicted octanol–water partition coefficient (Wildman–Crippen LogP) is 3.53. The van der Waals surface area contributed by atoms with Crippen molar-refractivity contribution in [1.29, 1.82) is 0 Å². The van der Waals surface area contributed by atoms with Gasteiger partial charge in [-0.3, -0.25) is 4.79 Å². The minimum Gasteiger partial charge on any atom is -0.490 e. The van der Waals surface area contributed by atoms with E-state index in [4.69, 9.17) is 14.0 Å². The molecule has 2 aromatic rings. The molecule has 6 heteroatoms. The van der Waals surface area contributed by atoms with Gasteiger partial charge in [0.1, 0.15) is 12.4 Å². The van der Waals surface area contributed by atoms with Gasteiger partial charge in [0.2, 0.25) is 0 Å². The van der Waals surface area contributed by atoms with Crippen LogP contribution in [0.4, 0.5) is 0 Å². The number of aromatic nitrogens is 1. The summed E-state index contributed by atoms with van der Waals surface area (Å²) in [5, 5.41) is 3.82. The fourth-order valence-electron chi connectivity index (χ4n) is 2.46. The molecule has 0 bridgehead atoms. The summed E-state index contributed by atoms with van der Waals surface area (Å²) in [7, 11) is 1.63. The molecule has 0 saturated heterocycles. The van der Waals surface area contributed by atoms with E-state index < -0.39 is 0 Å². The minimum atomic E-state index is -0.0605. The number of rotatable bonds is 8. The highest BCUT2D eigenvalue weighted by atomic mass is 32.2. The number of carbonyl (C=O) groups is 1. The lowest BCUT2D eigenvalue weighted by Gasteiger charge is -2.13. The van der Waals surface area contributed by atoms with Crippen molar-refractivity contribution in [2.75, 3.05) is 26.6 Å². The number of nitrogens with zero attached hydrogens (tertiary/aromatic N) is 1. The molecule has 0 amide bonds. The maximum absolute atomic E-state index is 12.9. The van der Waals surface area contributed by atoms with Gasteiger partial charge >= 0.3 is 0 Å². The van der Waals surface area contributed by atoms with Crippen molar-refractivity contribution in [1.82, 2.24) is 5.16 Å². The molecule has 0 N–H and O–H groups in total. The van der Waals surface area contributed by atoms with Gasteiger partial charge in [-0.1, -0.05) is 11.2 Å². The van der Waals surface area contributed by atoms with E-state index in [1.165, 1.54) is 18.0 Å². The number of hydrogen-bond acceptors (Lipinski definition) is 6. The maximum Gasteiger partial charge on any atom is 0.199 e. The monoisotopic (exact) mass is 333 g/mol. The lowest BCUT2D eigenvalue weighted by Crippen LogP contribution is -2.08. The molecule has 1 aromatic carbocycles. The Morgan fingerprint density at radius 2 is 2.17 bits per heavy atom. The van der Waals surface area contributed by atoms with E-state index in [0.717, 1.165) is 17.7 Å². The molecule has 23 heavy (non-hydrogen) atoms. The van der Waals surface area contributed by atoms with E-state index in [-0.39, 0.29) is 5.78 Å². The van der Waals surface area contributed by atoms with Crippen molar-refractivity contribution in [2.45, 2.75) is 23.7 Å². The van der Waals surface area contributed by atoms with Crippen molar-refractivity contribution in [2.24, 2.45) is 0 Å². The molecule has 1 aliphatic carbocycles. The molecule has 1 aliphatic rings. The lowest BCUT2D eigenvalue weighted by atomic mass is 10.0. The number of carbonyl (C=O) groups excluding carboxylic acids is 1. The second-order valence-corrected chi connectivity index (χ2v) is 6.20. The van der Waals surface area contributed by atoms with Gasteiger partial charge in [-0.15, -0.1) is 11.8 Å². The molecule has 1 aromatic heterocycles. The molecule has 0 radical (unpaired) electrons. The molecule has 0 atom stereocenters. The number of hydrogen-bond donors (Lipinski definition) is 0. The van der Waals surface area contributed by atoms with E-state index >= 15 is 0 Å². The highest BCUT2D eigenvalue weighted by Crippen LogP contribution is 2.42. The first-order valence-electron chi connectivity index (χ1n) is 7.54. The Kier molecular flexibility index (Phi) is 5.03. The van der Waals surface area contributed by atoms with Crippen LogP contribution in [-0.2, 0) is 4.74 Å². The summed E-state index contributed by atoms with van der Waals surface area (Å²) in [6, 6.07) is 5.52. The quantitative estimate of drug-likeness (QED) is 0.418. The molecule has 0 unspecified atom stereocenters. The predicted molar refractivity (Wildman–Crippen MR) is 87.5 cm³/mol. The summed E-state index contributed by atoms with van der Waals surface area (Å²) < 4.78 is 16.0. The Balaban J connectivity index is 1.90. The van der Waals surface area contributed by atoms with Crippen LogP contribution in [-0.4, -0.2) is 37.5 Å². The molecular weight excluding hydrogens is 314 g/mol. The number of benzene rings is 1. The van der Waals surface area contributed by atoms with Crippen molar-refractivity contribution >= 4 is 17.5 Å². The van der Waals surface area contributed by atoms with Crippen LogP contribution in [0.5, 0.6) is 5.75 Å². The second-order valence-electron chi connectivity index (χ2n) is 5.39. The van der Waals surface area contributed by atoms with Crippen LogP contribution in [0.25, 0.3) is 0 Å². The van der Waals surface area contributed by atoms with Gasteiger partial charge in [0.25, 0.3) is 0 Å². The highest BCUT2D eigenvalue weighted by molar-refractivity contribution is 7.98. The SMILES string of the molecule is COCCOc1cccc(C(=O)c2cnoc2C2CC2)c1SC. The third kappa shape index (κ3) is 3.43. The van der Waals surface area contributed by atoms with E-state index in [9.17, 15) is 4.79 Å². The van der Waals surface area contributed by atoms with Crippen molar-refractivity contribution in [3.8, 4) is 5.75 Å². The highest BCUT2D eigenvalue weighted by Gasteiger charge is 2.33. The Hall–Kier alpha value is -1.79. The van der Waals surface area contributed by atoms with Gasteiger partial charge in [0.15, 0.2) is 11.5 Å². The van der Waals surface area contributed by atoms with Crippen LogP contribution in [0.15, 0.2) is 33.8 Å². The summed E-state index contributed by atoms with van der Waals surface area (Å²) in [5.41, 5.74) is 1.19. The third-order valence-electron chi connectivity index (χ3n) is 3.76. The van der Waals surface area contributed by atoms with Gasteiger partial charge in [0.05, 0.1) is 23.3 Å². The van der Waals surface area contributed by atoms with Crippen LogP contribution in [0.3, 0.4) is 0 Å². The summed E-state index contributed by atoms with van der Waals surface area (Å²) in [6.07, 6.45) is 5.58. The van der Waals surface area contributed by atoms with Crippen molar-refractivity contribution in [3.63, 3.8) is 0 Å². The van der Waals surface area contributed by atoms with E-state index in [1.54, 1.807) is 7.11 Å². The maximum atomic E-state index is 12.9. The largest absolute Gasteiger partial charge is 0.490 e. The average Bonchev–Trinajstić information content (AvgIpc) is 3.31. The zero-order valence-electron chi connectivity index (χ0n) is 13.2. The normalized spacial score (nSPS) is 14.0. The fraction of sp³-hybridized carbons (Fsp3) is 0.412. The van der Waals surface area contributed by atoms with Crippen LogP contribution in [0.1, 0.15) is 40.4 Å². The number of thioether (sulfide) groups is 1. The van der Waals surface area contributed by atoms with Gasteiger partial charge in [-0.25, -0.2) is 0 Å². The summed E-state index contributed by atoms with van der Waals surface area (Å²) in [5.74, 6) is 1.70. The van der Waals surface area contributed by atoms with Crippen molar-refractivity contribution < 1.29 is 18.8 Å². The van der Waals surface area contributed by atoms with Gasteiger partial charge in [-0.2, -0.15) is 0 Å². The first-order chi connectivity index (χ1) is 11.3. The van der Waals surface area contributed by atoms with Crippen molar-refractivity contribution in [3.05, 3.63) is 41.3 Å². The molecular formula is C17H19NO4S. The molecule has 0 aliphatic heterocycles. The molecule has 1 fully saturated rings. The lowest BCUT2D eigenvalue weighted by molar-refractivity contribution is 0.103. The summed E-state index contributed by atoms with van der Waals surface area (Å²) >= 11 is 1.50. The summed E-state index contributed by atoms with van der Waals surface area (Å²) in [4.78, 5) is 13.8. The zero-order chi connectivity index (χ0) is 16.2. The second kappa shape index (κ2) is 7.19. The zero-order valence-corrected chi connectivity index (χ0v) is 14.0. The topological polar surface area (TPSA) is 61.6 Å². The molecule has 3 rings (SSSR count). The molecule has 1 saturated carbocycles. The molecule has 0 spiro atoms. The Labute approximate surface area is 139 Å². The molecule has 122 valence electrons. The van der Waals surface area contributed by atoms with E-state index in [1.807, 2.05) is 24.5 Å². The van der Waals surface area contributed by atoms with E-state index in [0.29, 0.717) is 41.8 Å². The number of ether oxygens (including phenoxy) is 2. The number of ketones is 1. The Morgan fingerprint density at radius 3 is 2.87 bits per heavy atom. The van der Waals surface area contributed by atoms with Crippen LogP contribution < -0.4 is 4.74 Å². The summed E-state index contributed by atoms with van der Waals surface area (Å²) in [6.45, 7) is 0.950. The number of methoxy groups -OCH3 is 1. The van der Waals surface area contributed by atoms with Crippen LogP contribution >= 0.6 is 11.8 Å². The smallest absolute Gasteiger partial charge is 0.199 e. The van der Waals surface area contributed by atoms with Gasteiger partial charge in [-0.05, 0) is 31.2 Å². The van der Waals surface area contributed by atoms with Crippen LogP contribution in [0, 0.1) is 0 Å². The average molecular weight is 333 g/mol.